The Kier molecular flexibility index (Phi) is 6.57. The summed E-state index contributed by atoms with van der Waals surface area (Å²) < 4.78 is 38.4. The van der Waals surface area contributed by atoms with Crippen LogP contribution >= 0.6 is 0 Å². The quantitative estimate of drug-likeness (QED) is 0.420. The molecule has 35 heavy (non-hydrogen) atoms. The fourth-order valence-electron chi connectivity index (χ4n) is 3.64. The Morgan fingerprint density at radius 1 is 1.00 bits per heavy atom. The first-order valence-electron chi connectivity index (χ1n) is 10.6. The summed E-state index contributed by atoms with van der Waals surface area (Å²) in [7, 11) is -1.14. The predicted molar refractivity (Wildman–Crippen MR) is 131 cm³/mol. The van der Waals surface area contributed by atoms with Crippen molar-refractivity contribution in [1.82, 2.24) is 9.55 Å². The highest BCUT2D eigenvalue weighted by Gasteiger charge is 2.24. The van der Waals surface area contributed by atoms with Gasteiger partial charge in [-0.25, -0.2) is 13.4 Å². The number of hydrogen-bond donors (Lipinski definition) is 1. The number of nitrogens with one attached hydrogen (secondary N) is 1. The number of sulfone groups is 1. The van der Waals surface area contributed by atoms with Crippen LogP contribution in [0.4, 0.5) is 5.69 Å². The van der Waals surface area contributed by atoms with E-state index in [0.29, 0.717) is 22.9 Å². The topological polar surface area (TPSA) is 117 Å². The van der Waals surface area contributed by atoms with Crippen molar-refractivity contribution in [1.29, 1.82) is 0 Å². The summed E-state index contributed by atoms with van der Waals surface area (Å²) in [6.07, 6.45) is 1.17. The van der Waals surface area contributed by atoms with Gasteiger partial charge in [0.2, 0.25) is 21.2 Å². The SMILES string of the molecule is COc1ccc(NC(=O)Cn2cc(S(=O)(=O)c3ccccc3)c(=O)c3ccc(C)nc32)cc1OC. The van der Waals surface area contributed by atoms with E-state index in [1.807, 2.05) is 0 Å². The molecule has 2 heterocycles. The number of nitrogens with zero attached hydrogens (tertiary/aromatic N) is 2. The smallest absolute Gasteiger partial charge is 0.244 e. The number of anilines is 1. The molecule has 0 saturated heterocycles. The van der Waals surface area contributed by atoms with Gasteiger partial charge < -0.3 is 19.4 Å². The molecule has 1 N–H and O–H groups in total. The number of fused-ring (bicyclic) bond motifs is 1. The van der Waals surface area contributed by atoms with Crippen molar-refractivity contribution in [3.8, 4) is 11.5 Å². The van der Waals surface area contributed by atoms with Crippen LogP contribution < -0.4 is 20.2 Å². The number of carbonyl (C=O) groups excluding carboxylic acids is 1. The van der Waals surface area contributed by atoms with Crippen molar-refractivity contribution in [2.24, 2.45) is 0 Å². The summed E-state index contributed by atoms with van der Waals surface area (Å²) in [5.74, 6) is 0.494. The average Bonchev–Trinajstić information content (AvgIpc) is 2.85. The Morgan fingerprint density at radius 3 is 2.40 bits per heavy atom. The molecule has 4 rings (SSSR count). The van der Waals surface area contributed by atoms with Gasteiger partial charge in [0, 0.05) is 23.6 Å². The molecule has 9 nitrogen and oxygen atoms in total. The lowest BCUT2D eigenvalue weighted by Crippen LogP contribution is -2.24. The van der Waals surface area contributed by atoms with Gasteiger partial charge in [-0.05, 0) is 43.3 Å². The van der Waals surface area contributed by atoms with Gasteiger partial charge in [-0.2, -0.15) is 0 Å². The maximum absolute atomic E-state index is 13.3. The molecule has 0 unspecified atom stereocenters. The molecule has 0 aliphatic carbocycles. The minimum atomic E-state index is -4.13. The molecular formula is C25H23N3O6S. The van der Waals surface area contributed by atoms with Crippen LogP contribution in [0.2, 0.25) is 0 Å². The Hall–Kier alpha value is -4.18. The summed E-state index contributed by atoms with van der Waals surface area (Å²) in [6.45, 7) is 1.46. The minimum absolute atomic E-state index is 0.0159. The highest BCUT2D eigenvalue weighted by molar-refractivity contribution is 7.91. The Bertz CT molecular complexity index is 1580. The second-order valence-corrected chi connectivity index (χ2v) is 9.63. The Balaban J connectivity index is 1.77. The second kappa shape index (κ2) is 9.59. The molecule has 2 aromatic carbocycles. The number of pyridine rings is 2. The molecular weight excluding hydrogens is 470 g/mol. The largest absolute Gasteiger partial charge is 0.493 e. The van der Waals surface area contributed by atoms with Gasteiger partial charge in [0.05, 0.1) is 24.5 Å². The molecule has 10 heteroatoms. The van der Waals surface area contributed by atoms with E-state index in [1.165, 1.54) is 43.2 Å². The third-order valence-corrected chi connectivity index (χ3v) is 7.11. The van der Waals surface area contributed by atoms with Gasteiger partial charge in [0.25, 0.3) is 0 Å². The third kappa shape index (κ3) is 4.73. The normalized spacial score (nSPS) is 11.3. The zero-order chi connectivity index (χ0) is 25.2. The van der Waals surface area contributed by atoms with E-state index in [1.54, 1.807) is 49.4 Å². The first-order valence-corrected chi connectivity index (χ1v) is 12.1. The van der Waals surface area contributed by atoms with E-state index in [9.17, 15) is 18.0 Å². The van der Waals surface area contributed by atoms with Gasteiger partial charge in [-0.1, -0.05) is 18.2 Å². The van der Waals surface area contributed by atoms with Crippen LogP contribution in [0.5, 0.6) is 11.5 Å². The number of aryl methyl sites for hydroxylation is 1. The number of rotatable bonds is 7. The third-order valence-electron chi connectivity index (χ3n) is 5.35. The maximum atomic E-state index is 13.3. The van der Waals surface area contributed by atoms with E-state index >= 15 is 0 Å². The molecule has 2 aromatic heterocycles. The molecule has 0 aliphatic heterocycles. The van der Waals surface area contributed by atoms with Crippen molar-refractivity contribution in [2.75, 3.05) is 19.5 Å². The molecule has 4 aromatic rings. The van der Waals surface area contributed by atoms with Crippen LogP contribution in [0.15, 0.2) is 81.4 Å². The first kappa shape index (κ1) is 24.0. The molecule has 0 saturated carbocycles. The van der Waals surface area contributed by atoms with Gasteiger partial charge in [0.15, 0.2) is 11.5 Å². The number of amides is 1. The molecule has 0 fully saturated rings. The lowest BCUT2D eigenvalue weighted by Gasteiger charge is -2.14. The van der Waals surface area contributed by atoms with Gasteiger partial charge in [-0.15, -0.1) is 0 Å². The van der Waals surface area contributed by atoms with Crippen LogP contribution in [-0.4, -0.2) is 38.1 Å². The minimum Gasteiger partial charge on any atom is -0.493 e. The molecule has 0 bridgehead atoms. The summed E-state index contributed by atoms with van der Waals surface area (Å²) in [4.78, 5) is 30.0. The van der Waals surface area contributed by atoms with Crippen LogP contribution in [0.25, 0.3) is 11.0 Å². The van der Waals surface area contributed by atoms with Crippen LogP contribution in [0.1, 0.15) is 5.69 Å². The number of methoxy groups -OCH3 is 2. The lowest BCUT2D eigenvalue weighted by atomic mass is 10.2. The van der Waals surface area contributed by atoms with Crippen LogP contribution in [0.3, 0.4) is 0 Å². The summed E-state index contributed by atoms with van der Waals surface area (Å²) in [5.41, 5.74) is 0.612. The van der Waals surface area contributed by atoms with Crippen molar-refractivity contribution >= 4 is 32.5 Å². The standard InChI is InChI=1S/C25H23N3O6S/c1-16-9-11-19-24(30)22(35(31,32)18-7-5-4-6-8-18)14-28(25(19)26-16)15-23(29)27-17-10-12-20(33-2)21(13-17)34-3/h4-14H,15H2,1-3H3,(H,27,29). The van der Waals surface area contributed by atoms with Crippen molar-refractivity contribution in [2.45, 2.75) is 23.3 Å². The summed E-state index contributed by atoms with van der Waals surface area (Å²) in [5, 5.41) is 2.85. The lowest BCUT2D eigenvalue weighted by molar-refractivity contribution is -0.116. The fourth-order valence-corrected chi connectivity index (χ4v) is 5.03. The molecule has 1 amide bonds. The van der Waals surface area contributed by atoms with Crippen LogP contribution in [-0.2, 0) is 21.2 Å². The average molecular weight is 494 g/mol. The van der Waals surface area contributed by atoms with E-state index in [-0.39, 0.29) is 22.5 Å². The Morgan fingerprint density at radius 2 is 1.71 bits per heavy atom. The van der Waals surface area contributed by atoms with E-state index < -0.39 is 26.1 Å². The van der Waals surface area contributed by atoms with Gasteiger partial charge in [-0.3, -0.25) is 9.59 Å². The Labute approximate surface area is 201 Å². The number of benzene rings is 2. The summed E-state index contributed by atoms with van der Waals surface area (Å²) >= 11 is 0. The number of ether oxygens (including phenoxy) is 2. The zero-order valence-corrected chi connectivity index (χ0v) is 20.1. The van der Waals surface area contributed by atoms with E-state index in [2.05, 4.69) is 10.3 Å². The van der Waals surface area contributed by atoms with Gasteiger partial charge in [0.1, 0.15) is 17.1 Å². The molecule has 0 radical (unpaired) electrons. The van der Waals surface area contributed by atoms with E-state index in [0.717, 1.165) is 0 Å². The summed E-state index contributed by atoms with van der Waals surface area (Å²) in [6, 6.07) is 15.7. The number of aromatic nitrogens is 2. The molecule has 0 aliphatic rings. The second-order valence-electron chi connectivity index (χ2n) is 7.71. The predicted octanol–water partition coefficient (Wildman–Crippen LogP) is 3.19. The first-order chi connectivity index (χ1) is 16.7. The highest BCUT2D eigenvalue weighted by atomic mass is 32.2. The maximum Gasteiger partial charge on any atom is 0.244 e. The highest BCUT2D eigenvalue weighted by Crippen LogP contribution is 2.29. The number of hydrogen-bond acceptors (Lipinski definition) is 7. The van der Waals surface area contributed by atoms with Crippen molar-refractivity contribution in [3.63, 3.8) is 0 Å². The fraction of sp³-hybridized carbons (Fsp3) is 0.160. The van der Waals surface area contributed by atoms with Crippen LogP contribution in [0, 0.1) is 6.92 Å². The molecule has 0 spiro atoms. The zero-order valence-electron chi connectivity index (χ0n) is 19.3. The van der Waals surface area contributed by atoms with E-state index in [4.69, 9.17) is 9.47 Å². The molecule has 180 valence electrons. The monoisotopic (exact) mass is 493 g/mol. The van der Waals surface area contributed by atoms with Crippen molar-refractivity contribution in [3.05, 3.63) is 82.8 Å². The van der Waals surface area contributed by atoms with Gasteiger partial charge >= 0.3 is 0 Å². The molecule has 0 atom stereocenters. The van der Waals surface area contributed by atoms with Crippen molar-refractivity contribution < 1.29 is 22.7 Å². The number of carbonyl (C=O) groups is 1.